The molecule has 0 saturated heterocycles. The Bertz CT molecular complexity index is 815. The molecule has 0 amide bonds. The first-order chi connectivity index (χ1) is 10.7. The Kier molecular flexibility index (Phi) is 4.76. The number of carbonyl (C=O) groups excluding carboxylic acids is 1. The summed E-state index contributed by atoms with van der Waals surface area (Å²) in [7, 11) is 0. The lowest BCUT2D eigenvalue weighted by molar-refractivity contribution is 0.102. The van der Waals surface area contributed by atoms with E-state index in [0.717, 1.165) is 21.7 Å². The van der Waals surface area contributed by atoms with E-state index >= 15 is 0 Å². The van der Waals surface area contributed by atoms with Crippen LogP contribution in [0.5, 0.6) is 0 Å². The van der Waals surface area contributed by atoms with E-state index in [1.807, 2.05) is 0 Å². The standard InChI is InChI=1S/C16H13ClN2OS2/c1-2-12-7-13-15(18-9-19-16(13)22-12)21-8-14(20)10-3-5-11(17)6-4-10/h3-7,9H,2,8H2,1H3. The number of carbonyl (C=O) groups is 1. The van der Waals surface area contributed by atoms with Gasteiger partial charge < -0.3 is 0 Å². The zero-order valence-corrected chi connectivity index (χ0v) is 14.3. The number of halogens is 1. The van der Waals surface area contributed by atoms with Crippen LogP contribution in [-0.4, -0.2) is 21.5 Å². The van der Waals surface area contributed by atoms with Gasteiger partial charge in [0.15, 0.2) is 5.78 Å². The van der Waals surface area contributed by atoms with E-state index in [4.69, 9.17) is 11.6 Å². The molecule has 0 aliphatic rings. The number of aryl methyl sites for hydroxylation is 1. The number of aromatic nitrogens is 2. The number of ketones is 1. The Labute approximate surface area is 141 Å². The molecule has 0 bridgehead atoms. The number of rotatable bonds is 5. The molecule has 0 unspecified atom stereocenters. The highest BCUT2D eigenvalue weighted by Gasteiger charge is 2.12. The highest BCUT2D eigenvalue weighted by molar-refractivity contribution is 8.00. The van der Waals surface area contributed by atoms with Gasteiger partial charge in [-0.3, -0.25) is 4.79 Å². The van der Waals surface area contributed by atoms with Gasteiger partial charge in [-0.1, -0.05) is 30.3 Å². The number of hydrogen-bond acceptors (Lipinski definition) is 5. The van der Waals surface area contributed by atoms with Crippen LogP contribution in [0.4, 0.5) is 0 Å². The zero-order chi connectivity index (χ0) is 15.5. The Morgan fingerprint density at radius 1 is 1.27 bits per heavy atom. The largest absolute Gasteiger partial charge is 0.293 e. The van der Waals surface area contributed by atoms with Crippen molar-refractivity contribution >= 4 is 50.7 Å². The lowest BCUT2D eigenvalue weighted by Crippen LogP contribution is -2.02. The molecule has 0 aliphatic heterocycles. The molecule has 2 heterocycles. The van der Waals surface area contributed by atoms with Crippen LogP contribution in [0.3, 0.4) is 0 Å². The van der Waals surface area contributed by atoms with Crippen molar-refractivity contribution in [3.05, 3.63) is 52.1 Å². The molecule has 6 heteroatoms. The van der Waals surface area contributed by atoms with Gasteiger partial charge in [0, 0.05) is 20.8 Å². The predicted molar refractivity (Wildman–Crippen MR) is 93.3 cm³/mol. The highest BCUT2D eigenvalue weighted by Crippen LogP contribution is 2.31. The number of hydrogen-bond donors (Lipinski definition) is 0. The molecule has 0 atom stereocenters. The Morgan fingerprint density at radius 2 is 2.05 bits per heavy atom. The fraction of sp³-hybridized carbons (Fsp3) is 0.188. The van der Waals surface area contributed by atoms with Gasteiger partial charge in [-0.2, -0.15) is 0 Å². The summed E-state index contributed by atoms with van der Waals surface area (Å²) in [6, 6.07) is 9.08. The first kappa shape index (κ1) is 15.5. The van der Waals surface area contributed by atoms with Crippen LogP contribution in [0.2, 0.25) is 5.02 Å². The van der Waals surface area contributed by atoms with Crippen LogP contribution < -0.4 is 0 Å². The van der Waals surface area contributed by atoms with Crippen molar-refractivity contribution in [1.29, 1.82) is 0 Å². The molecule has 0 spiro atoms. The van der Waals surface area contributed by atoms with Crippen LogP contribution in [0, 0.1) is 0 Å². The van der Waals surface area contributed by atoms with Crippen molar-refractivity contribution in [2.24, 2.45) is 0 Å². The average molecular weight is 349 g/mol. The van der Waals surface area contributed by atoms with Crippen molar-refractivity contribution in [1.82, 2.24) is 9.97 Å². The average Bonchev–Trinajstić information content (AvgIpc) is 2.97. The molecule has 3 nitrogen and oxygen atoms in total. The molecular weight excluding hydrogens is 336 g/mol. The van der Waals surface area contributed by atoms with Gasteiger partial charge in [0.1, 0.15) is 16.2 Å². The maximum atomic E-state index is 12.2. The second-order valence-electron chi connectivity index (χ2n) is 4.68. The fourth-order valence-electron chi connectivity index (χ4n) is 2.03. The minimum absolute atomic E-state index is 0.0689. The number of fused-ring (bicyclic) bond motifs is 1. The van der Waals surface area contributed by atoms with E-state index in [-0.39, 0.29) is 5.78 Å². The summed E-state index contributed by atoms with van der Waals surface area (Å²) in [4.78, 5) is 23.1. The Morgan fingerprint density at radius 3 is 2.77 bits per heavy atom. The van der Waals surface area contributed by atoms with E-state index in [1.165, 1.54) is 16.6 Å². The normalized spacial score (nSPS) is 11.0. The summed E-state index contributed by atoms with van der Waals surface area (Å²) in [6.07, 6.45) is 2.54. The summed E-state index contributed by atoms with van der Waals surface area (Å²) < 4.78 is 0. The summed E-state index contributed by atoms with van der Waals surface area (Å²) >= 11 is 8.97. The first-order valence-electron chi connectivity index (χ1n) is 6.82. The topological polar surface area (TPSA) is 42.9 Å². The third-order valence-corrected chi connectivity index (χ3v) is 5.64. The van der Waals surface area contributed by atoms with Crippen LogP contribution in [0.15, 0.2) is 41.7 Å². The molecule has 0 aliphatic carbocycles. The highest BCUT2D eigenvalue weighted by atomic mass is 35.5. The molecule has 1 aromatic carbocycles. The van der Waals surface area contributed by atoms with Crippen molar-refractivity contribution in [2.45, 2.75) is 18.4 Å². The molecule has 112 valence electrons. The fourth-order valence-corrected chi connectivity index (χ4v) is 4.02. The first-order valence-corrected chi connectivity index (χ1v) is 9.00. The second-order valence-corrected chi connectivity index (χ2v) is 7.20. The SMILES string of the molecule is CCc1cc2c(SCC(=O)c3ccc(Cl)cc3)ncnc2s1. The van der Waals surface area contributed by atoms with Crippen molar-refractivity contribution in [3.8, 4) is 0 Å². The predicted octanol–water partition coefficient (Wildman–Crippen LogP) is 4.88. The molecule has 0 N–H and O–H groups in total. The minimum atomic E-state index is 0.0689. The van der Waals surface area contributed by atoms with Crippen molar-refractivity contribution < 1.29 is 4.79 Å². The maximum absolute atomic E-state index is 12.2. The minimum Gasteiger partial charge on any atom is -0.293 e. The molecule has 22 heavy (non-hydrogen) atoms. The van der Waals surface area contributed by atoms with Gasteiger partial charge in [-0.05, 0) is 36.8 Å². The van der Waals surface area contributed by atoms with Crippen LogP contribution >= 0.6 is 34.7 Å². The van der Waals surface area contributed by atoms with E-state index in [2.05, 4.69) is 23.0 Å². The third-order valence-electron chi connectivity index (χ3n) is 3.20. The smallest absolute Gasteiger partial charge is 0.173 e. The van der Waals surface area contributed by atoms with Crippen LogP contribution in [0.1, 0.15) is 22.2 Å². The summed E-state index contributed by atoms with van der Waals surface area (Å²) in [5.74, 6) is 0.421. The van der Waals surface area contributed by atoms with Gasteiger partial charge in [0.05, 0.1) is 5.75 Å². The maximum Gasteiger partial charge on any atom is 0.173 e. The Balaban J connectivity index is 1.77. The number of nitrogens with zero attached hydrogens (tertiary/aromatic N) is 2. The van der Waals surface area contributed by atoms with E-state index in [1.54, 1.807) is 41.9 Å². The van der Waals surface area contributed by atoms with E-state index in [0.29, 0.717) is 16.3 Å². The van der Waals surface area contributed by atoms with Crippen LogP contribution in [0.25, 0.3) is 10.2 Å². The monoisotopic (exact) mass is 348 g/mol. The molecule has 0 fully saturated rings. The Hall–Kier alpha value is -1.43. The lowest BCUT2D eigenvalue weighted by atomic mass is 10.1. The van der Waals surface area contributed by atoms with Gasteiger partial charge in [0.2, 0.25) is 0 Å². The second kappa shape index (κ2) is 6.77. The summed E-state index contributed by atoms with van der Waals surface area (Å²) in [5, 5.41) is 2.54. The van der Waals surface area contributed by atoms with Gasteiger partial charge in [-0.15, -0.1) is 11.3 Å². The van der Waals surface area contributed by atoms with Crippen LogP contribution in [-0.2, 0) is 6.42 Å². The number of thioether (sulfide) groups is 1. The van der Waals surface area contributed by atoms with Crippen molar-refractivity contribution in [2.75, 3.05) is 5.75 Å². The molecule has 3 rings (SSSR count). The number of thiophene rings is 1. The van der Waals surface area contributed by atoms with Gasteiger partial charge >= 0.3 is 0 Å². The van der Waals surface area contributed by atoms with Gasteiger partial charge in [-0.25, -0.2) is 9.97 Å². The molecule has 0 saturated carbocycles. The number of benzene rings is 1. The molecular formula is C16H13ClN2OS2. The third kappa shape index (κ3) is 3.32. The lowest BCUT2D eigenvalue weighted by Gasteiger charge is -2.02. The summed E-state index contributed by atoms with van der Waals surface area (Å²) in [5.41, 5.74) is 0.668. The molecule has 2 aromatic heterocycles. The summed E-state index contributed by atoms with van der Waals surface area (Å²) in [6.45, 7) is 2.12. The van der Waals surface area contributed by atoms with Gasteiger partial charge in [0.25, 0.3) is 0 Å². The molecule has 0 radical (unpaired) electrons. The quantitative estimate of drug-likeness (QED) is 0.374. The van der Waals surface area contributed by atoms with E-state index < -0.39 is 0 Å². The van der Waals surface area contributed by atoms with Crippen molar-refractivity contribution in [3.63, 3.8) is 0 Å². The molecule has 3 aromatic rings. The number of Topliss-reactive ketones (excluding diaryl/α,β-unsaturated/α-hetero) is 1. The van der Waals surface area contributed by atoms with E-state index in [9.17, 15) is 4.79 Å². The zero-order valence-electron chi connectivity index (χ0n) is 11.9.